The summed E-state index contributed by atoms with van der Waals surface area (Å²) < 4.78 is 27.4. The van der Waals surface area contributed by atoms with E-state index in [1.807, 2.05) is 18.2 Å². The van der Waals surface area contributed by atoms with E-state index in [-0.39, 0.29) is 5.56 Å². The predicted molar refractivity (Wildman–Crippen MR) is 93.6 cm³/mol. The first-order valence-electron chi connectivity index (χ1n) is 8.46. The Morgan fingerprint density at radius 3 is 2.68 bits per heavy atom. The third kappa shape index (κ3) is 4.13. The van der Waals surface area contributed by atoms with Crippen LogP contribution in [0, 0.1) is 0 Å². The van der Waals surface area contributed by atoms with Gasteiger partial charge in [-0.25, -0.2) is 8.78 Å². The average molecular weight is 345 g/mol. The largest absolute Gasteiger partial charge is 0.321 e. The molecule has 132 valence electrons. The number of anilines is 1. The Labute approximate surface area is 145 Å². The summed E-state index contributed by atoms with van der Waals surface area (Å²) in [7, 11) is 1.52. The van der Waals surface area contributed by atoms with Gasteiger partial charge in [0.2, 0.25) is 0 Å². The lowest BCUT2D eigenvalue weighted by molar-refractivity contribution is 0.101. The van der Waals surface area contributed by atoms with Crippen molar-refractivity contribution in [1.29, 1.82) is 0 Å². The molecule has 1 aromatic carbocycles. The van der Waals surface area contributed by atoms with Crippen LogP contribution in [0.2, 0.25) is 0 Å². The van der Waals surface area contributed by atoms with Crippen LogP contribution in [0.25, 0.3) is 6.08 Å². The van der Waals surface area contributed by atoms with E-state index in [0.29, 0.717) is 5.69 Å². The minimum Gasteiger partial charge on any atom is -0.321 e. The number of aryl methyl sites for hydroxylation is 1. The maximum atomic E-state index is 13.1. The van der Waals surface area contributed by atoms with Gasteiger partial charge in [-0.15, -0.1) is 0 Å². The highest BCUT2D eigenvalue weighted by molar-refractivity contribution is 6.06. The van der Waals surface area contributed by atoms with Crippen molar-refractivity contribution in [3.05, 3.63) is 52.9 Å². The lowest BCUT2D eigenvalue weighted by Gasteiger charge is -2.15. The Morgan fingerprint density at radius 1 is 1.24 bits per heavy atom. The molecule has 0 atom stereocenters. The number of carbonyl (C=O) groups is 1. The molecule has 1 aliphatic carbocycles. The Balaban J connectivity index is 1.85. The minimum atomic E-state index is -2.79. The van der Waals surface area contributed by atoms with Gasteiger partial charge in [0.05, 0.1) is 5.56 Å². The first-order valence-corrected chi connectivity index (χ1v) is 8.46. The van der Waals surface area contributed by atoms with Gasteiger partial charge < -0.3 is 5.32 Å². The number of alkyl halides is 2. The van der Waals surface area contributed by atoms with Crippen LogP contribution in [-0.4, -0.2) is 15.7 Å². The zero-order valence-corrected chi connectivity index (χ0v) is 14.1. The molecule has 0 radical (unpaired) electrons. The SMILES string of the molecule is Cn1cc(C(=O)Nc2ccccc2C=C2CCCCC2)c(C(F)F)n1. The minimum absolute atomic E-state index is 0.0994. The molecule has 0 unspecified atom stereocenters. The summed E-state index contributed by atoms with van der Waals surface area (Å²) in [6.07, 6.45) is 6.40. The van der Waals surface area contributed by atoms with E-state index in [0.717, 1.165) is 18.4 Å². The molecule has 0 saturated heterocycles. The zero-order valence-electron chi connectivity index (χ0n) is 14.1. The van der Waals surface area contributed by atoms with Crippen LogP contribution in [0.5, 0.6) is 0 Å². The summed E-state index contributed by atoms with van der Waals surface area (Å²) in [5.41, 5.74) is 2.29. The van der Waals surface area contributed by atoms with Crippen LogP contribution in [0.15, 0.2) is 36.0 Å². The fourth-order valence-electron chi connectivity index (χ4n) is 3.14. The molecule has 1 saturated carbocycles. The molecule has 3 rings (SSSR count). The molecule has 6 heteroatoms. The monoisotopic (exact) mass is 345 g/mol. The molecule has 1 heterocycles. The topological polar surface area (TPSA) is 46.9 Å². The average Bonchev–Trinajstić information content (AvgIpc) is 3.00. The normalized spacial score (nSPS) is 14.6. The van der Waals surface area contributed by atoms with Crippen LogP contribution in [0.1, 0.15) is 60.1 Å². The molecule has 25 heavy (non-hydrogen) atoms. The second-order valence-electron chi connectivity index (χ2n) is 6.31. The number of amides is 1. The van der Waals surface area contributed by atoms with Crippen molar-refractivity contribution in [2.24, 2.45) is 7.05 Å². The van der Waals surface area contributed by atoms with Gasteiger partial charge in [0, 0.05) is 18.9 Å². The smallest absolute Gasteiger partial charge is 0.282 e. The number of allylic oxidation sites excluding steroid dienone is 1. The van der Waals surface area contributed by atoms with Crippen molar-refractivity contribution in [2.75, 3.05) is 5.32 Å². The first kappa shape index (κ1) is 17.3. The van der Waals surface area contributed by atoms with Crippen molar-refractivity contribution >= 4 is 17.7 Å². The molecule has 2 aromatic rings. The molecule has 1 amide bonds. The van der Waals surface area contributed by atoms with E-state index in [4.69, 9.17) is 0 Å². The summed E-state index contributed by atoms with van der Waals surface area (Å²) in [5.74, 6) is -0.571. The van der Waals surface area contributed by atoms with E-state index in [9.17, 15) is 13.6 Å². The summed E-state index contributed by atoms with van der Waals surface area (Å²) in [4.78, 5) is 12.5. The van der Waals surface area contributed by atoms with Gasteiger partial charge in [0.1, 0.15) is 5.69 Å². The predicted octanol–water partition coefficient (Wildman–Crippen LogP) is 4.96. The Morgan fingerprint density at radius 2 is 1.96 bits per heavy atom. The van der Waals surface area contributed by atoms with Crippen molar-refractivity contribution in [1.82, 2.24) is 9.78 Å². The number of nitrogens with zero attached hydrogens (tertiary/aromatic N) is 2. The van der Waals surface area contributed by atoms with E-state index < -0.39 is 18.0 Å². The van der Waals surface area contributed by atoms with Crippen LogP contribution in [0.3, 0.4) is 0 Å². The molecule has 1 aromatic heterocycles. The van der Waals surface area contributed by atoms with Crippen molar-refractivity contribution < 1.29 is 13.6 Å². The summed E-state index contributed by atoms with van der Waals surface area (Å²) in [5, 5.41) is 6.44. The first-order chi connectivity index (χ1) is 12.0. The van der Waals surface area contributed by atoms with Gasteiger partial charge in [-0.3, -0.25) is 9.48 Å². The highest BCUT2D eigenvalue weighted by Gasteiger charge is 2.23. The van der Waals surface area contributed by atoms with Gasteiger partial charge in [-0.1, -0.05) is 36.3 Å². The summed E-state index contributed by atoms with van der Waals surface area (Å²) in [6.45, 7) is 0. The molecule has 1 aliphatic rings. The fourth-order valence-corrected chi connectivity index (χ4v) is 3.14. The van der Waals surface area contributed by atoms with E-state index >= 15 is 0 Å². The number of aromatic nitrogens is 2. The van der Waals surface area contributed by atoms with Gasteiger partial charge >= 0.3 is 0 Å². The quantitative estimate of drug-likeness (QED) is 0.851. The standard InChI is InChI=1S/C19H21F2N3O/c1-24-12-15(17(23-24)18(20)21)19(25)22-16-10-6-5-9-14(16)11-13-7-3-2-4-8-13/h5-6,9-12,18H,2-4,7-8H2,1H3,(H,22,25). The number of rotatable bonds is 4. The molecular formula is C19H21F2N3O. The number of halogens is 2. The third-order valence-corrected chi connectivity index (χ3v) is 4.37. The Hall–Kier alpha value is -2.50. The number of nitrogens with one attached hydrogen (secondary N) is 1. The number of para-hydroxylation sites is 1. The van der Waals surface area contributed by atoms with Crippen LogP contribution >= 0.6 is 0 Å². The highest BCUT2D eigenvalue weighted by Crippen LogP contribution is 2.28. The maximum absolute atomic E-state index is 13.1. The van der Waals surface area contributed by atoms with E-state index in [1.165, 1.54) is 42.8 Å². The lowest BCUT2D eigenvalue weighted by atomic mass is 9.93. The molecule has 4 nitrogen and oxygen atoms in total. The number of carbonyl (C=O) groups excluding carboxylic acids is 1. The fraction of sp³-hybridized carbons (Fsp3) is 0.368. The van der Waals surface area contributed by atoms with Crippen LogP contribution in [0.4, 0.5) is 14.5 Å². The van der Waals surface area contributed by atoms with Crippen LogP contribution < -0.4 is 5.32 Å². The van der Waals surface area contributed by atoms with E-state index in [2.05, 4.69) is 16.5 Å². The van der Waals surface area contributed by atoms with Crippen molar-refractivity contribution in [3.8, 4) is 0 Å². The maximum Gasteiger partial charge on any atom is 0.282 e. The van der Waals surface area contributed by atoms with Gasteiger partial charge in [-0.2, -0.15) is 5.10 Å². The Kier molecular flexibility index (Phi) is 5.26. The molecule has 1 fully saturated rings. The zero-order chi connectivity index (χ0) is 17.8. The molecular weight excluding hydrogens is 324 g/mol. The third-order valence-electron chi connectivity index (χ3n) is 4.37. The molecule has 0 aliphatic heterocycles. The summed E-state index contributed by atoms with van der Waals surface area (Å²) in [6, 6.07) is 7.43. The second kappa shape index (κ2) is 7.59. The molecule has 1 N–H and O–H groups in total. The summed E-state index contributed by atoms with van der Waals surface area (Å²) >= 11 is 0. The van der Waals surface area contributed by atoms with E-state index in [1.54, 1.807) is 6.07 Å². The Bertz CT molecular complexity index is 788. The second-order valence-corrected chi connectivity index (χ2v) is 6.31. The van der Waals surface area contributed by atoms with Gasteiger partial charge in [0.25, 0.3) is 12.3 Å². The van der Waals surface area contributed by atoms with Crippen molar-refractivity contribution in [3.63, 3.8) is 0 Å². The molecule has 0 spiro atoms. The molecule has 0 bridgehead atoms. The van der Waals surface area contributed by atoms with Gasteiger partial charge in [0.15, 0.2) is 0 Å². The van der Waals surface area contributed by atoms with Crippen LogP contribution in [-0.2, 0) is 7.05 Å². The van der Waals surface area contributed by atoms with Crippen molar-refractivity contribution in [2.45, 2.75) is 38.5 Å². The lowest BCUT2D eigenvalue weighted by Crippen LogP contribution is -2.14. The highest BCUT2D eigenvalue weighted by atomic mass is 19.3. The van der Waals surface area contributed by atoms with Gasteiger partial charge in [-0.05, 0) is 37.3 Å². The number of hydrogen-bond acceptors (Lipinski definition) is 2. The number of benzene rings is 1. The number of hydrogen-bond donors (Lipinski definition) is 1.